The van der Waals surface area contributed by atoms with E-state index in [2.05, 4.69) is 4.98 Å². The van der Waals surface area contributed by atoms with Crippen LogP contribution in [0.15, 0.2) is 47.6 Å². The van der Waals surface area contributed by atoms with Gasteiger partial charge in [-0.3, -0.25) is 4.98 Å². The number of aliphatic hydroxyl groups excluding tert-OH is 1. The van der Waals surface area contributed by atoms with E-state index in [0.717, 1.165) is 30.4 Å². The van der Waals surface area contributed by atoms with Crippen molar-refractivity contribution < 1.29 is 13.5 Å². The van der Waals surface area contributed by atoms with Crippen LogP contribution >= 0.6 is 0 Å². The minimum atomic E-state index is -3.60. The SMILES string of the molecule is O=S(=O)(c1ccc2c(c1)CCC2)N(CCCO)Cc1cccnc1. The Balaban J connectivity index is 1.89. The Bertz CT molecular complexity index is 791. The van der Waals surface area contributed by atoms with Gasteiger partial charge in [-0.05, 0) is 60.6 Å². The van der Waals surface area contributed by atoms with Crippen molar-refractivity contribution in [1.29, 1.82) is 0 Å². The monoisotopic (exact) mass is 346 g/mol. The summed E-state index contributed by atoms with van der Waals surface area (Å²) in [5.74, 6) is 0. The lowest BCUT2D eigenvalue weighted by Crippen LogP contribution is -2.32. The van der Waals surface area contributed by atoms with Gasteiger partial charge in [-0.25, -0.2) is 8.42 Å². The van der Waals surface area contributed by atoms with Crippen molar-refractivity contribution in [1.82, 2.24) is 9.29 Å². The van der Waals surface area contributed by atoms with Crippen LogP contribution in [0.5, 0.6) is 0 Å². The highest BCUT2D eigenvalue weighted by molar-refractivity contribution is 7.89. The molecule has 0 aliphatic heterocycles. The largest absolute Gasteiger partial charge is 0.396 e. The standard InChI is InChI=1S/C18H22N2O3S/c21-11-3-10-20(14-15-4-2-9-19-13-15)24(22,23)18-8-7-16-5-1-6-17(16)12-18/h2,4,7-9,12-13,21H,1,3,5-6,10-11,14H2. The molecule has 1 aliphatic carbocycles. The summed E-state index contributed by atoms with van der Waals surface area (Å²) in [5.41, 5.74) is 3.22. The highest BCUT2D eigenvalue weighted by atomic mass is 32.2. The van der Waals surface area contributed by atoms with Gasteiger partial charge in [-0.1, -0.05) is 12.1 Å². The van der Waals surface area contributed by atoms with Crippen molar-refractivity contribution >= 4 is 10.0 Å². The lowest BCUT2D eigenvalue weighted by Gasteiger charge is -2.22. The number of hydrogen-bond donors (Lipinski definition) is 1. The lowest BCUT2D eigenvalue weighted by molar-refractivity contribution is 0.267. The molecule has 128 valence electrons. The zero-order valence-corrected chi connectivity index (χ0v) is 14.4. The Labute approximate surface area is 143 Å². The molecule has 0 radical (unpaired) electrons. The van der Waals surface area contributed by atoms with Crippen molar-refractivity contribution in [3.63, 3.8) is 0 Å². The first-order valence-corrected chi connectivity index (χ1v) is 9.67. The molecule has 1 N–H and O–H groups in total. The van der Waals surface area contributed by atoms with Gasteiger partial charge in [0, 0.05) is 32.1 Å². The zero-order valence-electron chi connectivity index (χ0n) is 13.6. The predicted octanol–water partition coefficient (Wildman–Crippen LogP) is 2.14. The van der Waals surface area contributed by atoms with E-state index >= 15 is 0 Å². The summed E-state index contributed by atoms with van der Waals surface area (Å²) >= 11 is 0. The molecule has 1 aliphatic rings. The number of pyridine rings is 1. The summed E-state index contributed by atoms with van der Waals surface area (Å²) in [5, 5.41) is 9.11. The summed E-state index contributed by atoms with van der Waals surface area (Å²) in [6.07, 6.45) is 6.80. The van der Waals surface area contributed by atoms with Crippen molar-refractivity contribution in [2.24, 2.45) is 0 Å². The van der Waals surface area contributed by atoms with Gasteiger partial charge in [0.1, 0.15) is 0 Å². The Kier molecular flexibility index (Phi) is 5.28. The molecule has 0 unspecified atom stereocenters. The van der Waals surface area contributed by atoms with E-state index in [1.807, 2.05) is 18.2 Å². The minimum absolute atomic E-state index is 0.0384. The maximum Gasteiger partial charge on any atom is 0.243 e. The third-order valence-corrected chi connectivity index (χ3v) is 6.20. The summed E-state index contributed by atoms with van der Waals surface area (Å²) in [7, 11) is -3.60. The Hall–Kier alpha value is -1.76. The van der Waals surface area contributed by atoms with Gasteiger partial charge in [0.2, 0.25) is 10.0 Å². The van der Waals surface area contributed by atoms with E-state index in [1.165, 1.54) is 9.87 Å². The molecule has 1 heterocycles. The van der Waals surface area contributed by atoms with Gasteiger partial charge >= 0.3 is 0 Å². The number of aromatic nitrogens is 1. The van der Waals surface area contributed by atoms with E-state index in [4.69, 9.17) is 5.11 Å². The van der Waals surface area contributed by atoms with Crippen LogP contribution in [-0.2, 0) is 29.4 Å². The molecule has 0 bridgehead atoms. The van der Waals surface area contributed by atoms with Crippen LogP contribution in [0.2, 0.25) is 0 Å². The fourth-order valence-electron chi connectivity index (χ4n) is 3.08. The highest BCUT2D eigenvalue weighted by Crippen LogP contribution is 2.27. The molecule has 1 aromatic carbocycles. The number of sulfonamides is 1. The van der Waals surface area contributed by atoms with Gasteiger partial charge in [0.15, 0.2) is 0 Å². The molecule has 1 aromatic heterocycles. The van der Waals surface area contributed by atoms with E-state index < -0.39 is 10.0 Å². The van der Waals surface area contributed by atoms with E-state index in [1.54, 1.807) is 24.5 Å². The quantitative estimate of drug-likeness (QED) is 0.834. The molecular weight excluding hydrogens is 324 g/mol. The number of aryl methyl sites for hydroxylation is 2. The maximum absolute atomic E-state index is 13.1. The molecule has 3 rings (SSSR count). The number of fused-ring (bicyclic) bond motifs is 1. The van der Waals surface area contributed by atoms with Crippen molar-refractivity contribution in [2.75, 3.05) is 13.2 Å². The number of rotatable bonds is 7. The Morgan fingerprint density at radius 2 is 2.00 bits per heavy atom. The molecule has 0 fully saturated rings. The van der Waals surface area contributed by atoms with Gasteiger partial charge in [0.05, 0.1) is 4.90 Å². The first kappa shape index (κ1) is 17.1. The number of benzene rings is 1. The van der Waals surface area contributed by atoms with Crippen LogP contribution in [0, 0.1) is 0 Å². The lowest BCUT2D eigenvalue weighted by atomic mass is 10.1. The molecule has 5 nitrogen and oxygen atoms in total. The predicted molar refractivity (Wildman–Crippen MR) is 92.0 cm³/mol. The normalized spacial score (nSPS) is 14.1. The third-order valence-electron chi connectivity index (χ3n) is 4.36. The second-order valence-corrected chi connectivity index (χ2v) is 8.00. The smallest absolute Gasteiger partial charge is 0.243 e. The number of nitrogens with zero attached hydrogens (tertiary/aromatic N) is 2. The fraction of sp³-hybridized carbons (Fsp3) is 0.389. The Morgan fingerprint density at radius 1 is 1.17 bits per heavy atom. The third kappa shape index (κ3) is 3.66. The topological polar surface area (TPSA) is 70.5 Å². The van der Waals surface area contributed by atoms with Gasteiger partial charge in [0.25, 0.3) is 0 Å². The van der Waals surface area contributed by atoms with Crippen LogP contribution in [0.4, 0.5) is 0 Å². The van der Waals surface area contributed by atoms with Crippen LogP contribution in [0.1, 0.15) is 29.5 Å². The summed E-state index contributed by atoms with van der Waals surface area (Å²) in [6.45, 7) is 0.501. The molecule has 0 saturated carbocycles. The fourth-order valence-corrected chi connectivity index (χ4v) is 4.60. The van der Waals surface area contributed by atoms with Gasteiger partial charge < -0.3 is 5.11 Å². The average Bonchev–Trinajstić information content (AvgIpc) is 3.07. The van der Waals surface area contributed by atoms with Crippen molar-refractivity contribution in [2.45, 2.75) is 37.1 Å². The molecule has 0 saturated heterocycles. The first-order chi connectivity index (χ1) is 11.6. The summed E-state index contributed by atoms with van der Waals surface area (Å²) in [6, 6.07) is 9.10. The first-order valence-electron chi connectivity index (χ1n) is 8.23. The van der Waals surface area contributed by atoms with Gasteiger partial charge in [-0.2, -0.15) is 4.31 Å². The molecule has 0 amide bonds. The Morgan fingerprint density at radius 3 is 2.75 bits per heavy atom. The summed E-state index contributed by atoms with van der Waals surface area (Å²) < 4.78 is 27.6. The maximum atomic E-state index is 13.1. The van der Waals surface area contributed by atoms with Crippen LogP contribution in [0.25, 0.3) is 0 Å². The second kappa shape index (κ2) is 7.42. The highest BCUT2D eigenvalue weighted by Gasteiger charge is 2.26. The molecule has 6 heteroatoms. The molecule has 0 atom stereocenters. The van der Waals surface area contributed by atoms with Gasteiger partial charge in [-0.15, -0.1) is 0 Å². The average molecular weight is 346 g/mol. The van der Waals surface area contributed by atoms with E-state index in [9.17, 15) is 8.42 Å². The van der Waals surface area contributed by atoms with E-state index in [0.29, 0.717) is 11.3 Å². The van der Waals surface area contributed by atoms with Crippen LogP contribution in [-0.4, -0.2) is 36.0 Å². The second-order valence-electron chi connectivity index (χ2n) is 6.06. The van der Waals surface area contributed by atoms with E-state index in [-0.39, 0.29) is 19.7 Å². The number of hydrogen-bond acceptors (Lipinski definition) is 4. The van der Waals surface area contributed by atoms with Crippen LogP contribution < -0.4 is 0 Å². The number of aliphatic hydroxyl groups is 1. The minimum Gasteiger partial charge on any atom is -0.396 e. The molecule has 24 heavy (non-hydrogen) atoms. The summed E-state index contributed by atoms with van der Waals surface area (Å²) in [4.78, 5) is 4.39. The van der Waals surface area contributed by atoms with Crippen LogP contribution in [0.3, 0.4) is 0 Å². The van der Waals surface area contributed by atoms with Crippen molar-refractivity contribution in [3.8, 4) is 0 Å². The van der Waals surface area contributed by atoms with Crippen molar-refractivity contribution in [3.05, 3.63) is 59.4 Å². The molecule has 2 aromatic rings. The zero-order chi connectivity index (χ0) is 17.0. The molecular formula is C18H22N2O3S. The molecule has 0 spiro atoms.